The van der Waals surface area contributed by atoms with Crippen molar-refractivity contribution in [3.8, 4) is 5.75 Å². The molecule has 3 N–H and O–H groups in total. The number of carbonyl (C=O) groups is 2. The van der Waals surface area contributed by atoms with Gasteiger partial charge in [0.15, 0.2) is 0 Å². The first-order valence-corrected chi connectivity index (χ1v) is 10.1. The lowest BCUT2D eigenvalue weighted by atomic mass is 9.98. The third-order valence-corrected chi connectivity index (χ3v) is 3.97. The molecule has 0 fully saturated rings. The molecule has 0 aliphatic rings. The zero-order valence-electron chi connectivity index (χ0n) is 18.9. The number of hydrogen-bond donors (Lipinski definition) is 3. The normalized spacial score (nSPS) is 12.8. The second-order valence-corrected chi connectivity index (χ2v) is 9.09. The monoisotopic (exact) mass is 408 g/mol. The Balaban J connectivity index is 3.02. The van der Waals surface area contributed by atoms with Crippen molar-refractivity contribution in [2.75, 3.05) is 5.32 Å². The number of phenols is 1. The molecule has 164 valence electrons. The molecule has 1 aromatic rings. The van der Waals surface area contributed by atoms with Crippen molar-refractivity contribution in [3.05, 3.63) is 23.3 Å². The number of phenolic OH excluding ortho intramolecular Hbond substituents is 1. The highest BCUT2D eigenvalue weighted by molar-refractivity contribution is 5.87. The lowest BCUT2D eigenvalue weighted by Crippen LogP contribution is -2.40. The van der Waals surface area contributed by atoms with E-state index < -0.39 is 23.4 Å². The van der Waals surface area contributed by atoms with E-state index in [1.54, 1.807) is 47.6 Å². The molecule has 1 aromatic carbocycles. The van der Waals surface area contributed by atoms with Gasteiger partial charge in [-0.1, -0.05) is 19.9 Å². The highest BCUT2D eigenvalue weighted by Crippen LogP contribution is 2.31. The molecular weight excluding hydrogens is 372 g/mol. The molecule has 0 saturated heterocycles. The van der Waals surface area contributed by atoms with Gasteiger partial charge in [0.1, 0.15) is 17.0 Å². The van der Waals surface area contributed by atoms with E-state index in [0.717, 1.165) is 12.0 Å². The van der Waals surface area contributed by atoms with Crippen LogP contribution in [0.2, 0.25) is 0 Å². The Hall–Kier alpha value is -2.44. The molecule has 1 atom stereocenters. The summed E-state index contributed by atoms with van der Waals surface area (Å²) >= 11 is 0. The number of carbonyl (C=O) groups excluding carboxylic acids is 2. The van der Waals surface area contributed by atoms with E-state index in [0.29, 0.717) is 24.1 Å². The molecule has 0 radical (unpaired) electrons. The van der Waals surface area contributed by atoms with Gasteiger partial charge < -0.3 is 19.9 Å². The third kappa shape index (κ3) is 9.07. The van der Waals surface area contributed by atoms with Crippen LogP contribution in [0.5, 0.6) is 5.75 Å². The highest BCUT2D eigenvalue weighted by Gasteiger charge is 2.22. The zero-order chi connectivity index (χ0) is 22.4. The minimum Gasteiger partial charge on any atom is -0.505 e. The van der Waals surface area contributed by atoms with Crippen LogP contribution in [0.4, 0.5) is 15.3 Å². The Morgan fingerprint density at radius 2 is 1.55 bits per heavy atom. The van der Waals surface area contributed by atoms with E-state index in [-0.39, 0.29) is 11.8 Å². The first-order valence-electron chi connectivity index (χ1n) is 10.1. The lowest BCUT2D eigenvalue weighted by molar-refractivity contribution is 0.0502. The number of aromatic hydroxyl groups is 1. The number of benzene rings is 1. The summed E-state index contributed by atoms with van der Waals surface area (Å²) in [5, 5.41) is 16.2. The molecule has 7 heteroatoms. The van der Waals surface area contributed by atoms with Gasteiger partial charge in [-0.15, -0.1) is 0 Å². The number of rotatable bonds is 6. The molecule has 1 unspecified atom stereocenters. The molecule has 0 bridgehead atoms. The number of alkyl carbamates (subject to hydrolysis) is 1. The largest absolute Gasteiger partial charge is 0.505 e. The number of amides is 2. The van der Waals surface area contributed by atoms with Crippen molar-refractivity contribution in [1.82, 2.24) is 5.32 Å². The van der Waals surface area contributed by atoms with Crippen molar-refractivity contribution >= 4 is 17.9 Å². The molecule has 0 saturated carbocycles. The molecule has 2 amide bonds. The lowest BCUT2D eigenvalue weighted by Gasteiger charge is -2.24. The minimum atomic E-state index is -0.643. The number of ether oxygens (including phenoxy) is 2. The van der Waals surface area contributed by atoms with Gasteiger partial charge in [0.25, 0.3) is 0 Å². The van der Waals surface area contributed by atoms with Crippen molar-refractivity contribution in [3.63, 3.8) is 0 Å². The fraction of sp³-hybridized carbons (Fsp3) is 0.636. The topological polar surface area (TPSA) is 96.9 Å². The summed E-state index contributed by atoms with van der Waals surface area (Å²) in [6.45, 7) is 14.7. The van der Waals surface area contributed by atoms with Gasteiger partial charge in [0.05, 0.1) is 5.69 Å². The molecule has 1 rings (SSSR count). The summed E-state index contributed by atoms with van der Waals surface area (Å²) in [6.07, 6.45) is 0.656. The summed E-state index contributed by atoms with van der Waals surface area (Å²) in [4.78, 5) is 24.2. The molecule has 0 heterocycles. The fourth-order valence-corrected chi connectivity index (χ4v) is 2.67. The maximum Gasteiger partial charge on any atom is 0.412 e. The average Bonchev–Trinajstić information content (AvgIpc) is 2.53. The standard InChI is InChI=1S/C22H36N2O5/c1-9-14-11-15(13-16(10-2)23-19(26)28-21(3,4)5)18(25)17(12-14)24-20(27)29-22(6,7)8/h11-12,16,25H,9-10,13H2,1-8H3,(H,23,26)(H,24,27). The Labute approximate surface area is 174 Å². The van der Waals surface area contributed by atoms with Gasteiger partial charge in [-0.2, -0.15) is 0 Å². The molecule has 0 aliphatic carbocycles. The van der Waals surface area contributed by atoms with Gasteiger partial charge >= 0.3 is 12.2 Å². The van der Waals surface area contributed by atoms with E-state index in [9.17, 15) is 14.7 Å². The molecule has 0 aliphatic heterocycles. The second-order valence-electron chi connectivity index (χ2n) is 9.09. The summed E-state index contributed by atoms with van der Waals surface area (Å²) in [6, 6.07) is 3.39. The van der Waals surface area contributed by atoms with Crippen LogP contribution in [0.15, 0.2) is 12.1 Å². The van der Waals surface area contributed by atoms with Gasteiger partial charge in [-0.3, -0.25) is 5.32 Å². The van der Waals surface area contributed by atoms with E-state index in [1.165, 1.54) is 0 Å². The number of anilines is 1. The third-order valence-electron chi connectivity index (χ3n) is 3.97. The van der Waals surface area contributed by atoms with Crippen molar-refractivity contribution in [2.24, 2.45) is 0 Å². The van der Waals surface area contributed by atoms with Crippen LogP contribution in [0.1, 0.15) is 72.9 Å². The minimum absolute atomic E-state index is 0.0301. The second kappa shape index (κ2) is 9.85. The van der Waals surface area contributed by atoms with Gasteiger partial charge in [-0.05, 0) is 78.0 Å². The van der Waals surface area contributed by atoms with Crippen molar-refractivity contribution in [1.29, 1.82) is 0 Å². The van der Waals surface area contributed by atoms with E-state index in [4.69, 9.17) is 9.47 Å². The van der Waals surface area contributed by atoms with Crippen LogP contribution in [-0.4, -0.2) is 34.5 Å². The highest BCUT2D eigenvalue weighted by atomic mass is 16.6. The maximum absolute atomic E-state index is 12.1. The molecule has 0 aromatic heterocycles. The Kier molecular flexibility index (Phi) is 8.36. The van der Waals surface area contributed by atoms with Crippen LogP contribution in [-0.2, 0) is 22.3 Å². The summed E-state index contributed by atoms with van der Waals surface area (Å²) in [5.41, 5.74) is 0.655. The van der Waals surface area contributed by atoms with Gasteiger partial charge in [0, 0.05) is 6.04 Å². The summed E-state index contributed by atoms with van der Waals surface area (Å²) in [5.74, 6) is -0.0301. The van der Waals surface area contributed by atoms with E-state index in [2.05, 4.69) is 10.6 Å². The fourth-order valence-electron chi connectivity index (χ4n) is 2.67. The first kappa shape index (κ1) is 24.6. The van der Waals surface area contributed by atoms with Crippen LogP contribution < -0.4 is 10.6 Å². The Morgan fingerprint density at radius 3 is 2.03 bits per heavy atom. The van der Waals surface area contributed by atoms with Gasteiger partial charge in [0.2, 0.25) is 0 Å². The zero-order valence-corrected chi connectivity index (χ0v) is 18.9. The summed E-state index contributed by atoms with van der Waals surface area (Å²) < 4.78 is 10.6. The molecule has 29 heavy (non-hydrogen) atoms. The smallest absolute Gasteiger partial charge is 0.412 e. The summed E-state index contributed by atoms with van der Waals surface area (Å²) in [7, 11) is 0. The predicted molar refractivity (Wildman–Crippen MR) is 114 cm³/mol. The van der Waals surface area contributed by atoms with Crippen LogP contribution in [0.25, 0.3) is 0 Å². The molecule has 0 spiro atoms. The van der Waals surface area contributed by atoms with Crippen LogP contribution in [0, 0.1) is 0 Å². The predicted octanol–water partition coefficient (Wildman–Crippen LogP) is 5.15. The quantitative estimate of drug-likeness (QED) is 0.566. The van der Waals surface area contributed by atoms with Crippen LogP contribution >= 0.6 is 0 Å². The Morgan fingerprint density at radius 1 is 1.00 bits per heavy atom. The number of aryl methyl sites for hydroxylation is 1. The van der Waals surface area contributed by atoms with Crippen molar-refractivity contribution < 1.29 is 24.2 Å². The van der Waals surface area contributed by atoms with E-state index in [1.807, 2.05) is 19.9 Å². The van der Waals surface area contributed by atoms with E-state index >= 15 is 0 Å². The molecular formula is C22H36N2O5. The molecule has 7 nitrogen and oxygen atoms in total. The van der Waals surface area contributed by atoms with Crippen molar-refractivity contribution in [2.45, 2.75) is 91.9 Å². The number of hydrogen-bond acceptors (Lipinski definition) is 5. The SMILES string of the molecule is CCc1cc(CC(CC)NC(=O)OC(C)(C)C)c(O)c(NC(=O)OC(C)(C)C)c1. The number of nitrogens with one attached hydrogen (secondary N) is 2. The maximum atomic E-state index is 12.1. The Bertz CT molecular complexity index is 717. The first-order chi connectivity index (χ1) is 13.2. The van der Waals surface area contributed by atoms with Crippen LogP contribution in [0.3, 0.4) is 0 Å². The average molecular weight is 409 g/mol. The van der Waals surface area contributed by atoms with Gasteiger partial charge in [-0.25, -0.2) is 9.59 Å².